The maximum atomic E-state index is 13.6. The van der Waals surface area contributed by atoms with Crippen molar-refractivity contribution in [3.8, 4) is 0 Å². The molecule has 3 aliphatic rings. The number of nitrogens with zero attached hydrogens (tertiary/aromatic N) is 3. The lowest BCUT2D eigenvalue weighted by molar-refractivity contribution is -0.163. The third-order valence-corrected chi connectivity index (χ3v) is 8.59. The molecule has 0 radical (unpaired) electrons. The van der Waals surface area contributed by atoms with E-state index in [1.54, 1.807) is 38.9 Å². The van der Waals surface area contributed by atoms with E-state index >= 15 is 0 Å². The van der Waals surface area contributed by atoms with Crippen LogP contribution < -0.4 is 26.5 Å². The van der Waals surface area contributed by atoms with Crippen LogP contribution in [0.25, 0.3) is 17.0 Å². The number of fused-ring (bicyclic) bond motifs is 4. The summed E-state index contributed by atoms with van der Waals surface area (Å²) in [4.78, 5) is 58.4. The summed E-state index contributed by atoms with van der Waals surface area (Å²) in [6.45, 7) is 7.16. The lowest BCUT2D eigenvalue weighted by Crippen LogP contribution is -2.62. The number of anilines is 1. The molecule has 2 aromatic rings. The molecule has 12 nitrogen and oxygen atoms in total. The number of carbonyl (C=O) groups is 4. The summed E-state index contributed by atoms with van der Waals surface area (Å²) in [5, 5.41) is 9.97. The molecule has 0 aliphatic carbocycles. The molecule has 1 aromatic heterocycles. The van der Waals surface area contributed by atoms with Crippen LogP contribution in [0.4, 0.5) is 5.82 Å². The topological polar surface area (TPSA) is 145 Å². The zero-order chi connectivity index (χ0) is 31.4. The van der Waals surface area contributed by atoms with E-state index in [0.717, 1.165) is 42.4 Å². The molecule has 0 saturated carbocycles. The van der Waals surface area contributed by atoms with Crippen LogP contribution in [0.2, 0.25) is 0 Å². The fraction of sp³-hybridized carbons (Fsp3) is 0.531. The Kier molecular flexibility index (Phi) is 9.50. The van der Waals surface area contributed by atoms with Crippen molar-refractivity contribution in [3.63, 3.8) is 0 Å². The van der Waals surface area contributed by atoms with Crippen molar-refractivity contribution >= 4 is 46.5 Å². The van der Waals surface area contributed by atoms with Crippen molar-refractivity contribution in [1.29, 1.82) is 0 Å². The van der Waals surface area contributed by atoms with E-state index in [0.29, 0.717) is 31.6 Å². The van der Waals surface area contributed by atoms with Gasteiger partial charge < -0.3 is 15.4 Å². The number of carbonyl (C=O) groups excluding carboxylic acids is 4. The Labute approximate surface area is 257 Å². The predicted octanol–water partition coefficient (Wildman–Crippen LogP) is 2.06. The van der Waals surface area contributed by atoms with Crippen LogP contribution >= 0.6 is 0 Å². The molecule has 2 fully saturated rings. The van der Waals surface area contributed by atoms with Gasteiger partial charge in [-0.05, 0) is 95.6 Å². The molecule has 5 bridgehead atoms. The fourth-order valence-electron chi connectivity index (χ4n) is 5.73. The summed E-state index contributed by atoms with van der Waals surface area (Å²) in [6, 6.07) is 7.99. The highest BCUT2D eigenvalue weighted by Gasteiger charge is 2.36. The van der Waals surface area contributed by atoms with Gasteiger partial charge in [0.1, 0.15) is 17.9 Å². The van der Waals surface area contributed by atoms with Gasteiger partial charge in [-0.2, -0.15) is 0 Å². The fourth-order valence-corrected chi connectivity index (χ4v) is 5.73. The molecule has 0 unspecified atom stereocenters. The third kappa shape index (κ3) is 7.36. The highest BCUT2D eigenvalue weighted by molar-refractivity contribution is 5.91. The average molecular weight is 606 g/mol. The first kappa shape index (κ1) is 31.4. The molecule has 3 aliphatic heterocycles. The van der Waals surface area contributed by atoms with Crippen LogP contribution in [-0.4, -0.2) is 78.6 Å². The molecule has 3 atom stereocenters. The van der Waals surface area contributed by atoms with E-state index in [1.807, 2.05) is 36.4 Å². The minimum Gasteiger partial charge on any atom is -0.452 e. The number of amides is 3. The van der Waals surface area contributed by atoms with E-state index in [9.17, 15) is 19.2 Å². The average Bonchev–Trinajstić information content (AvgIpc) is 3.02. The summed E-state index contributed by atoms with van der Waals surface area (Å²) in [7, 11) is 1.71. The van der Waals surface area contributed by atoms with Crippen molar-refractivity contribution in [2.75, 3.05) is 31.7 Å². The molecule has 4 N–H and O–H groups in total. The Morgan fingerprint density at radius 3 is 2.55 bits per heavy atom. The van der Waals surface area contributed by atoms with Crippen molar-refractivity contribution in [2.45, 2.75) is 71.1 Å². The zero-order valence-electron chi connectivity index (χ0n) is 25.9. The smallest absolute Gasteiger partial charge is 0.316 e. The number of hydrogen-bond acceptors (Lipinski definition) is 9. The number of aromatic nitrogens is 1. The van der Waals surface area contributed by atoms with E-state index in [4.69, 9.17) is 9.72 Å². The standard InChI is InChI=1S/C32H43N7O5/c1-20-30(42)39-17-5-6-24(36-39)28(40)37-38(4)27-10-9-23-8-7-21(18-25(23)35-27)11-14-32(2,3)31(43)44-26(29(41)34-20)19-22-12-15-33-16-13-22/h7-11,14,18,20,22,24,26,33,36H,5-6,12-13,15-17,19H2,1-4H3,(H,34,41)(H,37,40)/b14-11+/t20-,24-,26-/m0/s1. The van der Waals surface area contributed by atoms with Gasteiger partial charge in [0.2, 0.25) is 0 Å². The molecule has 3 amide bonds. The number of cyclic esters (lactones) is 1. The van der Waals surface area contributed by atoms with E-state index in [1.165, 1.54) is 5.01 Å². The van der Waals surface area contributed by atoms with Crippen LogP contribution in [0.5, 0.6) is 0 Å². The highest BCUT2D eigenvalue weighted by atomic mass is 16.5. The van der Waals surface area contributed by atoms with Gasteiger partial charge in [0.25, 0.3) is 17.7 Å². The predicted molar refractivity (Wildman–Crippen MR) is 167 cm³/mol. The van der Waals surface area contributed by atoms with Crippen molar-refractivity contribution in [3.05, 3.63) is 42.0 Å². The van der Waals surface area contributed by atoms with Gasteiger partial charge in [-0.15, -0.1) is 0 Å². The highest BCUT2D eigenvalue weighted by Crippen LogP contribution is 2.27. The van der Waals surface area contributed by atoms with Gasteiger partial charge in [0.05, 0.1) is 10.9 Å². The Hall–Kier alpha value is -4.03. The summed E-state index contributed by atoms with van der Waals surface area (Å²) in [5.74, 6) is -0.969. The summed E-state index contributed by atoms with van der Waals surface area (Å²) in [5.41, 5.74) is 6.42. The molecular weight excluding hydrogens is 562 g/mol. The lowest BCUT2D eigenvalue weighted by atomic mass is 9.90. The number of ether oxygens (including phenoxy) is 1. The normalized spacial score (nSPS) is 26.6. The first-order valence-corrected chi connectivity index (χ1v) is 15.4. The summed E-state index contributed by atoms with van der Waals surface area (Å²) < 4.78 is 5.91. The number of benzene rings is 1. The van der Waals surface area contributed by atoms with E-state index in [2.05, 4.69) is 21.5 Å². The minimum absolute atomic E-state index is 0.204. The Morgan fingerprint density at radius 1 is 1.02 bits per heavy atom. The quantitative estimate of drug-likeness (QED) is 0.378. The first-order valence-electron chi connectivity index (χ1n) is 15.4. The third-order valence-electron chi connectivity index (χ3n) is 8.59. The second kappa shape index (κ2) is 13.3. The Morgan fingerprint density at radius 2 is 1.77 bits per heavy atom. The summed E-state index contributed by atoms with van der Waals surface area (Å²) >= 11 is 0. The maximum absolute atomic E-state index is 13.6. The van der Waals surface area contributed by atoms with Gasteiger partial charge in [0, 0.05) is 19.0 Å². The number of hydrazine groups is 2. The van der Waals surface area contributed by atoms with Crippen molar-refractivity contribution in [2.24, 2.45) is 11.3 Å². The van der Waals surface area contributed by atoms with Crippen molar-refractivity contribution < 1.29 is 23.9 Å². The number of nitrogens with one attached hydrogen (secondary N) is 4. The Bertz CT molecular complexity index is 1440. The van der Waals surface area contributed by atoms with E-state index in [-0.39, 0.29) is 17.7 Å². The van der Waals surface area contributed by atoms with Crippen LogP contribution in [0.1, 0.15) is 58.4 Å². The van der Waals surface area contributed by atoms with E-state index < -0.39 is 35.5 Å². The summed E-state index contributed by atoms with van der Waals surface area (Å²) in [6.07, 6.45) is 5.81. The zero-order valence-corrected chi connectivity index (χ0v) is 25.9. The second-order valence-electron chi connectivity index (χ2n) is 12.6. The molecule has 4 heterocycles. The van der Waals surface area contributed by atoms with Gasteiger partial charge in [0.15, 0.2) is 6.10 Å². The SMILES string of the molecule is C[C@@H]1NC(=O)[C@H](CC2CCNCC2)OC(=O)C(C)(C)/C=C/c2ccc3ccc(nc3c2)N(C)NC(=O)[C@@H]2CCCN(N2)C1=O. The number of esters is 1. The van der Waals surface area contributed by atoms with Crippen LogP contribution in [0.15, 0.2) is 36.4 Å². The molecule has 0 spiro atoms. The van der Waals surface area contributed by atoms with Gasteiger partial charge in [-0.1, -0.05) is 24.3 Å². The van der Waals surface area contributed by atoms with Gasteiger partial charge in [-0.3, -0.25) is 34.6 Å². The number of rotatable bonds is 2. The molecular formula is C32H43N7O5. The van der Waals surface area contributed by atoms with Gasteiger partial charge in [-0.25, -0.2) is 10.4 Å². The monoisotopic (exact) mass is 605 g/mol. The molecule has 1 aromatic carbocycles. The Balaban J connectivity index is 1.47. The van der Waals surface area contributed by atoms with Crippen molar-refractivity contribution in [1.82, 2.24) is 31.5 Å². The number of pyridine rings is 1. The molecule has 5 rings (SSSR count). The first-order chi connectivity index (χ1) is 21.0. The molecule has 236 valence electrons. The van der Waals surface area contributed by atoms with Gasteiger partial charge >= 0.3 is 5.97 Å². The number of piperidine rings is 1. The lowest BCUT2D eigenvalue weighted by Gasteiger charge is -2.35. The largest absolute Gasteiger partial charge is 0.452 e. The van der Waals surface area contributed by atoms with Crippen LogP contribution in [0.3, 0.4) is 0 Å². The molecule has 12 heteroatoms. The van der Waals surface area contributed by atoms with Crippen LogP contribution in [-0.2, 0) is 23.9 Å². The van der Waals surface area contributed by atoms with Crippen LogP contribution in [0, 0.1) is 11.3 Å². The number of hydrogen-bond donors (Lipinski definition) is 4. The maximum Gasteiger partial charge on any atom is 0.316 e. The molecule has 44 heavy (non-hydrogen) atoms. The second-order valence-corrected chi connectivity index (χ2v) is 12.6. The molecule has 2 saturated heterocycles. The minimum atomic E-state index is -1.05.